The van der Waals surface area contributed by atoms with Gasteiger partial charge in [-0.05, 0) is 42.0 Å². The Labute approximate surface area is 279 Å². The summed E-state index contributed by atoms with van der Waals surface area (Å²) in [5.41, 5.74) is 7.44. The average Bonchev–Trinajstić information content (AvgIpc) is 3.74. The predicted octanol–water partition coefficient (Wildman–Crippen LogP) is 10.7. The summed E-state index contributed by atoms with van der Waals surface area (Å²) in [4.78, 5) is 15.5. The highest BCUT2D eigenvalue weighted by atomic mass is 32.1. The zero-order chi connectivity index (χ0) is 31.6. The first-order valence-corrected chi connectivity index (χ1v) is 16.8. The van der Waals surface area contributed by atoms with Crippen LogP contribution in [0, 0.1) is 0 Å². The van der Waals surface area contributed by atoms with Crippen molar-refractivity contribution in [2.24, 2.45) is 9.98 Å². The second kappa shape index (κ2) is 10.7. The largest absolute Gasteiger partial charge is 0.454 e. The molecule has 1 aliphatic heterocycles. The molecule has 0 bridgehead atoms. The number of rotatable bonds is 4. The lowest BCUT2D eigenvalue weighted by molar-refractivity contribution is 0.668. The van der Waals surface area contributed by atoms with Gasteiger partial charge in [-0.3, -0.25) is 0 Å². The lowest BCUT2D eigenvalue weighted by Crippen LogP contribution is -2.33. The number of aromatic nitrogens is 1. The number of nitrogens with one attached hydrogen (secondary N) is 1. The average molecular weight is 635 g/mol. The zero-order valence-corrected chi connectivity index (χ0v) is 26.4. The van der Waals surface area contributed by atoms with Gasteiger partial charge in [0.15, 0.2) is 11.4 Å². The summed E-state index contributed by atoms with van der Waals surface area (Å²) in [5.74, 6) is 1.48. The normalized spacial score (nSPS) is 14.9. The first-order chi connectivity index (χ1) is 23.8. The minimum Gasteiger partial charge on any atom is -0.454 e. The van der Waals surface area contributed by atoms with Gasteiger partial charge in [-0.1, -0.05) is 109 Å². The van der Waals surface area contributed by atoms with Crippen LogP contribution in [0.5, 0.6) is 0 Å². The monoisotopic (exact) mass is 634 g/mol. The van der Waals surface area contributed by atoms with Crippen molar-refractivity contribution in [3.05, 3.63) is 162 Å². The molecule has 5 nitrogen and oxygen atoms in total. The van der Waals surface area contributed by atoms with Crippen molar-refractivity contribution in [2.75, 3.05) is 0 Å². The fourth-order valence-corrected chi connectivity index (χ4v) is 8.09. The Bertz CT molecular complexity index is 2760. The SMILES string of the molecule is c1ccc(-c2nc3ccccc3c3c2oc2ccc(C4=NC(c5ccccc5)NC(c5cccc6c5sc5ccccc56)=N4)cc23)cc1. The molecule has 6 heteroatoms. The molecule has 4 heterocycles. The number of fused-ring (bicyclic) bond motifs is 8. The van der Waals surface area contributed by atoms with E-state index in [4.69, 9.17) is 19.4 Å². The van der Waals surface area contributed by atoms with Crippen molar-refractivity contribution >= 4 is 76.0 Å². The molecular formula is C42H26N4OS. The molecule has 48 heavy (non-hydrogen) atoms. The molecule has 10 rings (SSSR count). The van der Waals surface area contributed by atoms with Crippen molar-refractivity contribution in [1.82, 2.24) is 10.3 Å². The fraction of sp³-hybridized carbons (Fsp3) is 0.0238. The zero-order valence-electron chi connectivity index (χ0n) is 25.6. The molecule has 0 aliphatic carbocycles. The molecule has 9 aromatic rings. The second-order valence-corrected chi connectivity index (χ2v) is 13.1. The highest BCUT2D eigenvalue weighted by molar-refractivity contribution is 7.26. The van der Waals surface area contributed by atoms with Crippen molar-refractivity contribution < 1.29 is 4.42 Å². The van der Waals surface area contributed by atoms with Gasteiger partial charge in [-0.2, -0.15) is 0 Å². The van der Waals surface area contributed by atoms with Gasteiger partial charge in [0.1, 0.15) is 23.3 Å². The second-order valence-electron chi connectivity index (χ2n) is 12.0. The smallest absolute Gasteiger partial charge is 0.162 e. The highest BCUT2D eigenvalue weighted by Crippen LogP contribution is 2.40. The summed E-state index contributed by atoms with van der Waals surface area (Å²) in [7, 11) is 0. The quantitative estimate of drug-likeness (QED) is 0.210. The molecule has 3 aromatic heterocycles. The van der Waals surface area contributed by atoms with Gasteiger partial charge in [0.05, 0.1) is 5.52 Å². The molecule has 226 valence electrons. The van der Waals surface area contributed by atoms with E-state index < -0.39 is 0 Å². The molecule has 0 amide bonds. The van der Waals surface area contributed by atoms with E-state index in [0.29, 0.717) is 5.84 Å². The number of para-hydroxylation sites is 1. The molecule has 0 spiro atoms. The number of aliphatic imine (C=N–C) groups is 2. The molecule has 6 aromatic carbocycles. The Kier molecular flexibility index (Phi) is 6.04. The van der Waals surface area contributed by atoms with Crippen LogP contribution in [0.3, 0.4) is 0 Å². The number of hydrogen-bond acceptors (Lipinski definition) is 6. The van der Waals surface area contributed by atoms with Crippen LogP contribution < -0.4 is 5.32 Å². The summed E-state index contributed by atoms with van der Waals surface area (Å²) < 4.78 is 9.07. The van der Waals surface area contributed by atoms with E-state index in [2.05, 4.69) is 115 Å². The maximum atomic E-state index is 6.60. The number of pyridine rings is 1. The van der Waals surface area contributed by atoms with Gasteiger partial charge in [0, 0.05) is 53.0 Å². The van der Waals surface area contributed by atoms with Gasteiger partial charge in [0.2, 0.25) is 0 Å². The Morgan fingerprint density at radius 2 is 1.38 bits per heavy atom. The van der Waals surface area contributed by atoms with Crippen molar-refractivity contribution in [3.63, 3.8) is 0 Å². The summed E-state index contributed by atoms with van der Waals surface area (Å²) in [6, 6.07) is 50.2. The summed E-state index contributed by atoms with van der Waals surface area (Å²) >= 11 is 1.80. The van der Waals surface area contributed by atoms with Crippen LogP contribution >= 0.6 is 11.3 Å². The van der Waals surface area contributed by atoms with E-state index >= 15 is 0 Å². The summed E-state index contributed by atoms with van der Waals surface area (Å²) in [5, 5.41) is 9.29. The lowest BCUT2D eigenvalue weighted by atomic mass is 10.0. The Balaban J connectivity index is 1.20. The number of benzene rings is 6. The fourth-order valence-electron chi connectivity index (χ4n) is 6.87. The van der Waals surface area contributed by atoms with Gasteiger partial charge in [0.25, 0.3) is 0 Å². The van der Waals surface area contributed by atoms with Gasteiger partial charge in [-0.15, -0.1) is 11.3 Å². The van der Waals surface area contributed by atoms with E-state index in [1.807, 2.05) is 36.4 Å². The van der Waals surface area contributed by atoms with Crippen LogP contribution in [0.25, 0.3) is 64.3 Å². The standard InChI is InChI=1S/C42H26N4OS/c1-3-12-25(13-4-1)37-38-36(30-17-7-9-20-33(30)43-37)32-24-27(22-23-34(32)47-38)41-44-40(26-14-5-2-6-15-26)45-42(46-41)31-19-11-18-29-28-16-8-10-21-35(28)48-39(29)31/h1-24,40H,(H,44,45,46). The third kappa shape index (κ3) is 4.27. The van der Waals surface area contributed by atoms with Gasteiger partial charge in [-0.25, -0.2) is 15.0 Å². The first-order valence-electron chi connectivity index (χ1n) is 16.0. The number of hydrogen-bond donors (Lipinski definition) is 1. The first kappa shape index (κ1) is 27.0. The topological polar surface area (TPSA) is 62.8 Å². The molecule has 0 fully saturated rings. The molecular weight excluding hydrogens is 609 g/mol. The maximum Gasteiger partial charge on any atom is 0.162 e. The number of thiophene rings is 1. The maximum absolute atomic E-state index is 6.60. The van der Waals surface area contributed by atoms with Gasteiger partial charge >= 0.3 is 0 Å². The third-order valence-corrected chi connectivity index (χ3v) is 10.4. The third-order valence-electron chi connectivity index (χ3n) is 9.13. The van der Waals surface area contributed by atoms with E-state index in [1.54, 1.807) is 11.3 Å². The van der Waals surface area contributed by atoms with E-state index in [-0.39, 0.29) is 6.17 Å². The molecule has 1 unspecified atom stereocenters. The predicted molar refractivity (Wildman–Crippen MR) is 199 cm³/mol. The van der Waals surface area contributed by atoms with Crippen molar-refractivity contribution in [2.45, 2.75) is 6.17 Å². The van der Waals surface area contributed by atoms with Crippen LogP contribution in [0.4, 0.5) is 0 Å². The van der Waals surface area contributed by atoms with Crippen LogP contribution in [0.2, 0.25) is 0 Å². The highest BCUT2D eigenvalue weighted by Gasteiger charge is 2.24. The summed E-state index contributed by atoms with van der Waals surface area (Å²) in [6.07, 6.45) is -0.301. The van der Waals surface area contributed by atoms with Gasteiger partial charge < -0.3 is 9.73 Å². The molecule has 1 atom stereocenters. The van der Waals surface area contributed by atoms with Crippen LogP contribution in [0.1, 0.15) is 22.9 Å². The minimum absolute atomic E-state index is 0.301. The minimum atomic E-state index is -0.301. The van der Waals surface area contributed by atoms with Crippen molar-refractivity contribution in [1.29, 1.82) is 0 Å². The summed E-state index contributed by atoms with van der Waals surface area (Å²) in [6.45, 7) is 0. The Hall–Kier alpha value is -6.11. The molecule has 0 saturated carbocycles. The number of furan rings is 1. The number of amidine groups is 2. The molecule has 1 N–H and O–H groups in total. The van der Waals surface area contributed by atoms with Crippen molar-refractivity contribution in [3.8, 4) is 11.3 Å². The van der Waals surface area contributed by atoms with Crippen LogP contribution in [-0.2, 0) is 0 Å². The Morgan fingerprint density at radius 3 is 2.25 bits per heavy atom. The number of nitrogens with zero attached hydrogens (tertiary/aromatic N) is 3. The van der Waals surface area contributed by atoms with Crippen LogP contribution in [-0.4, -0.2) is 16.7 Å². The van der Waals surface area contributed by atoms with E-state index in [9.17, 15) is 0 Å². The van der Waals surface area contributed by atoms with Crippen LogP contribution in [0.15, 0.2) is 160 Å². The molecule has 1 aliphatic rings. The molecule has 0 radical (unpaired) electrons. The van der Waals surface area contributed by atoms with E-state index in [0.717, 1.165) is 66.6 Å². The molecule has 0 saturated heterocycles. The lowest BCUT2D eigenvalue weighted by Gasteiger charge is -2.24. The van der Waals surface area contributed by atoms with E-state index in [1.165, 1.54) is 20.2 Å². The Morgan fingerprint density at radius 1 is 0.625 bits per heavy atom.